The number of aryl methyl sites for hydroxylation is 2. The van der Waals surface area contributed by atoms with Crippen molar-refractivity contribution in [3.05, 3.63) is 12.2 Å². The van der Waals surface area contributed by atoms with Crippen molar-refractivity contribution < 1.29 is 0 Å². The van der Waals surface area contributed by atoms with Crippen LogP contribution in [-0.2, 0) is 13.0 Å². The minimum absolute atomic E-state index is 0.918. The average Bonchev–Trinajstić information content (AvgIpc) is 2.60. The molecular weight excluding hydrogens is 164 g/mol. The van der Waals surface area contributed by atoms with Crippen molar-refractivity contribution in [3.63, 3.8) is 0 Å². The Hall–Kier alpha value is -0.900. The maximum absolute atomic E-state index is 4.22. The van der Waals surface area contributed by atoms with E-state index < -0.39 is 0 Å². The normalized spacial score (nSPS) is 10.6. The Morgan fingerprint density at radius 3 is 3.00 bits per heavy atom. The van der Waals surface area contributed by atoms with Crippen molar-refractivity contribution in [3.8, 4) is 0 Å². The van der Waals surface area contributed by atoms with Gasteiger partial charge >= 0.3 is 0 Å². The number of hydrogen-bond donors (Lipinski definition) is 1. The fourth-order valence-corrected chi connectivity index (χ4v) is 1.33. The molecule has 13 heavy (non-hydrogen) atoms. The summed E-state index contributed by atoms with van der Waals surface area (Å²) in [5, 5.41) is 7.26. The van der Waals surface area contributed by atoms with Crippen LogP contribution < -0.4 is 5.32 Å². The van der Waals surface area contributed by atoms with E-state index in [1.54, 1.807) is 6.33 Å². The van der Waals surface area contributed by atoms with Gasteiger partial charge in [0.1, 0.15) is 12.2 Å². The fourth-order valence-electron chi connectivity index (χ4n) is 1.33. The molecule has 1 N–H and O–H groups in total. The predicted molar refractivity (Wildman–Crippen MR) is 52.6 cm³/mol. The summed E-state index contributed by atoms with van der Waals surface area (Å²) in [6.07, 6.45) is 5.05. The van der Waals surface area contributed by atoms with E-state index in [0.29, 0.717) is 0 Å². The van der Waals surface area contributed by atoms with E-state index in [2.05, 4.69) is 22.3 Å². The second-order valence-corrected chi connectivity index (χ2v) is 3.05. The van der Waals surface area contributed by atoms with E-state index >= 15 is 0 Å². The molecule has 1 rings (SSSR count). The Morgan fingerprint density at radius 1 is 1.46 bits per heavy atom. The van der Waals surface area contributed by atoms with Gasteiger partial charge in [-0.15, -0.1) is 0 Å². The van der Waals surface area contributed by atoms with Crippen molar-refractivity contribution in [1.29, 1.82) is 0 Å². The molecule has 0 bridgehead atoms. The number of nitrogens with zero attached hydrogens (tertiary/aromatic N) is 3. The lowest BCUT2D eigenvalue weighted by atomic mass is 10.2. The number of rotatable bonds is 6. The summed E-state index contributed by atoms with van der Waals surface area (Å²) in [7, 11) is 1.98. The zero-order chi connectivity index (χ0) is 9.52. The minimum Gasteiger partial charge on any atom is -0.320 e. The standard InChI is InChI=1S/C9H18N4/c1-3-13-9(11-8-12-13)6-4-5-7-10-2/h8,10H,3-7H2,1-2H3. The highest BCUT2D eigenvalue weighted by Crippen LogP contribution is 2.00. The minimum atomic E-state index is 0.918. The largest absolute Gasteiger partial charge is 0.320 e. The molecule has 0 spiro atoms. The maximum Gasteiger partial charge on any atom is 0.138 e. The van der Waals surface area contributed by atoms with Gasteiger partial charge in [0.25, 0.3) is 0 Å². The molecule has 0 amide bonds. The van der Waals surface area contributed by atoms with Gasteiger partial charge in [-0.3, -0.25) is 4.68 Å². The molecule has 4 heteroatoms. The van der Waals surface area contributed by atoms with Crippen LogP contribution in [0.1, 0.15) is 25.6 Å². The molecule has 0 unspecified atom stereocenters. The van der Waals surface area contributed by atoms with Gasteiger partial charge in [0.15, 0.2) is 0 Å². The van der Waals surface area contributed by atoms with E-state index in [4.69, 9.17) is 0 Å². The summed E-state index contributed by atoms with van der Waals surface area (Å²) in [4.78, 5) is 4.22. The Labute approximate surface area is 79.4 Å². The first kappa shape index (κ1) is 10.2. The van der Waals surface area contributed by atoms with E-state index in [9.17, 15) is 0 Å². The van der Waals surface area contributed by atoms with Crippen LogP contribution in [0.15, 0.2) is 6.33 Å². The number of unbranched alkanes of at least 4 members (excludes halogenated alkanes) is 1. The SMILES string of the molecule is CCn1ncnc1CCCCNC. The highest BCUT2D eigenvalue weighted by atomic mass is 15.3. The first-order valence-corrected chi connectivity index (χ1v) is 4.89. The van der Waals surface area contributed by atoms with Crippen molar-refractivity contribution in [2.24, 2.45) is 0 Å². The third kappa shape index (κ3) is 3.14. The quantitative estimate of drug-likeness (QED) is 0.663. The number of aromatic nitrogens is 3. The Bertz CT molecular complexity index is 231. The molecule has 0 aliphatic rings. The smallest absolute Gasteiger partial charge is 0.138 e. The van der Waals surface area contributed by atoms with Gasteiger partial charge in [-0.25, -0.2) is 4.98 Å². The van der Waals surface area contributed by atoms with Gasteiger partial charge in [-0.05, 0) is 33.4 Å². The lowest BCUT2D eigenvalue weighted by Crippen LogP contribution is -2.09. The highest BCUT2D eigenvalue weighted by Gasteiger charge is 2.00. The van der Waals surface area contributed by atoms with Gasteiger partial charge in [0.05, 0.1) is 0 Å². The summed E-state index contributed by atoms with van der Waals surface area (Å²) >= 11 is 0. The summed E-state index contributed by atoms with van der Waals surface area (Å²) in [6.45, 7) is 4.09. The lowest BCUT2D eigenvalue weighted by molar-refractivity contribution is 0.587. The average molecular weight is 182 g/mol. The lowest BCUT2D eigenvalue weighted by Gasteiger charge is -2.02. The van der Waals surface area contributed by atoms with Crippen molar-refractivity contribution in [1.82, 2.24) is 20.1 Å². The fraction of sp³-hybridized carbons (Fsp3) is 0.778. The third-order valence-corrected chi connectivity index (χ3v) is 2.07. The van der Waals surface area contributed by atoms with Gasteiger partial charge < -0.3 is 5.32 Å². The summed E-state index contributed by atoms with van der Waals surface area (Å²) in [6, 6.07) is 0. The van der Waals surface area contributed by atoms with E-state index in [1.165, 1.54) is 12.8 Å². The topological polar surface area (TPSA) is 42.7 Å². The van der Waals surface area contributed by atoms with Crippen molar-refractivity contribution in [2.45, 2.75) is 32.7 Å². The van der Waals surface area contributed by atoms with Crippen LogP contribution in [0.2, 0.25) is 0 Å². The van der Waals surface area contributed by atoms with Crippen LogP contribution in [0.5, 0.6) is 0 Å². The third-order valence-electron chi connectivity index (χ3n) is 2.07. The molecular formula is C9H18N4. The second kappa shape index (κ2) is 5.70. The van der Waals surface area contributed by atoms with Crippen LogP contribution in [-0.4, -0.2) is 28.4 Å². The van der Waals surface area contributed by atoms with Crippen molar-refractivity contribution >= 4 is 0 Å². The molecule has 0 radical (unpaired) electrons. The molecule has 74 valence electrons. The molecule has 1 aromatic heterocycles. The molecule has 0 saturated carbocycles. The molecule has 0 fully saturated rings. The van der Waals surface area contributed by atoms with Crippen molar-refractivity contribution in [2.75, 3.05) is 13.6 Å². The molecule has 0 atom stereocenters. The van der Waals surface area contributed by atoms with Gasteiger partial charge in [0, 0.05) is 13.0 Å². The van der Waals surface area contributed by atoms with Crippen LogP contribution in [0.25, 0.3) is 0 Å². The van der Waals surface area contributed by atoms with E-state index in [0.717, 1.165) is 25.3 Å². The Balaban J connectivity index is 2.27. The summed E-state index contributed by atoms with van der Waals surface area (Å²) in [5.74, 6) is 1.11. The predicted octanol–water partition coefficient (Wildman–Crippen LogP) is 0.840. The van der Waals surface area contributed by atoms with Gasteiger partial charge in [-0.2, -0.15) is 5.10 Å². The van der Waals surface area contributed by atoms with Gasteiger partial charge in [-0.1, -0.05) is 0 Å². The first-order chi connectivity index (χ1) is 6.38. The first-order valence-electron chi connectivity index (χ1n) is 4.89. The van der Waals surface area contributed by atoms with Crippen LogP contribution >= 0.6 is 0 Å². The highest BCUT2D eigenvalue weighted by molar-refractivity contribution is 4.84. The zero-order valence-corrected chi connectivity index (χ0v) is 8.45. The second-order valence-electron chi connectivity index (χ2n) is 3.05. The summed E-state index contributed by atoms with van der Waals surface area (Å²) < 4.78 is 1.96. The Morgan fingerprint density at radius 2 is 2.31 bits per heavy atom. The van der Waals surface area contributed by atoms with Crippen LogP contribution in [0.4, 0.5) is 0 Å². The summed E-state index contributed by atoms with van der Waals surface area (Å²) in [5.41, 5.74) is 0. The number of hydrogen-bond acceptors (Lipinski definition) is 3. The van der Waals surface area contributed by atoms with E-state index in [1.807, 2.05) is 11.7 Å². The molecule has 0 aromatic carbocycles. The molecule has 0 saturated heterocycles. The van der Waals surface area contributed by atoms with E-state index in [-0.39, 0.29) is 0 Å². The van der Waals surface area contributed by atoms with Gasteiger partial charge in [0.2, 0.25) is 0 Å². The van der Waals surface area contributed by atoms with Crippen LogP contribution in [0.3, 0.4) is 0 Å². The molecule has 1 heterocycles. The van der Waals surface area contributed by atoms with Crippen LogP contribution in [0, 0.1) is 0 Å². The monoisotopic (exact) mass is 182 g/mol. The molecule has 0 aliphatic carbocycles. The number of nitrogens with one attached hydrogen (secondary N) is 1. The molecule has 0 aliphatic heterocycles. The Kier molecular flexibility index (Phi) is 4.46. The maximum atomic E-state index is 4.22. The molecule has 4 nitrogen and oxygen atoms in total. The zero-order valence-electron chi connectivity index (χ0n) is 8.45. The molecule has 1 aromatic rings.